The Morgan fingerprint density at radius 1 is 0.733 bits per heavy atom. The molecule has 0 aliphatic heterocycles. The van der Waals surface area contributed by atoms with Gasteiger partial charge in [0.1, 0.15) is 13.6 Å². The van der Waals surface area contributed by atoms with E-state index in [4.69, 9.17) is 14.2 Å². The lowest BCUT2D eigenvalue weighted by Crippen LogP contribution is -2.06. The van der Waals surface area contributed by atoms with E-state index in [1.54, 1.807) is 0 Å². The van der Waals surface area contributed by atoms with Crippen LogP contribution in [0.3, 0.4) is 0 Å². The molecule has 0 aromatic rings. The molecule has 0 radical (unpaired) electrons. The van der Waals surface area contributed by atoms with E-state index in [1.165, 1.54) is 0 Å². The predicted molar refractivity (Wildman–Crippen MR) is 61.6 cm³/mol. The average molecular weight is 214 g/mol. The van der Waals surface area contributed by atoms with Gasteiger partial charge < -0.3 is 14.2 Å². The van der Waals surface area contributed by atoms with Crippen LogP contribution in [0.2, 0.25) is 0 Å². The molecule has 0 amide bonds. The Morgan fingerprint density at radius 3 is 1.60 bits per heavy atom. The van der Waals surface area contributed by atoms with E-state index in [2.05, 4.69) is 13.2 Å². The third-order valence-corrected chi connectivity index (χ3v) is 1.73. The minimum atomic E-state index is 0.304. The van der Waals surface area contributed by atoms with E-state index in [1.807, 2.05) is 12.2 Å². The first-order chi connectivity index (χ1) is 7.41. The quantitative estimate of drug-likeness (QED) is 0.284. The standard InChI is InChI=1S/C12H22O3/c1-3-5-7-9-13-11-15-12-14-10-8-6-4-2/h3-4H,1-2,5-12H2. The summed E-state index contributed by atoms with van der Waals surface area (Å²) < 4.78 is 15.5. The second kappa shape index (κ2) is 13.4. The van der Waals surface area contributed by atoms with Gasteiger partial charge in [0.05, 0.1) is 0 Å². The lowest BCUT2D eigenvalue weighted by molar-refractivity contribution is -0.131. The fourth-order valence-corrected chi connectivity index (χ4v) is 0.929. The highest BCUT2D eigenvalue weighted by molar-refractivity contribution is 4.65. The van der Waals surface area contributed by atoms with Gasteiger partial charge in [0.25, 0.3) is 0 Å². The molecule has 0 aromatic carbocycles. The first-order valence-electron chi connectivity index (χ1n) is 5.37. The van der Waals surface area contributed by atoms with E-state index < -0.39 is 0 Å². The number of rotatable bonds is 12. The minimum absolute atomic E-state index is 0.304. The highest BCUT2D eigenvalue weighted by atomic mass is 16.7. The lowest BCUT2D eigenvalue weighted by atomic mass is 10.3. The van der Waals surface area contributed by atoms with E-state index in [0.717, 1.165) is 25.7 Å². The van der Waals surface area contributed by atoms with Gasteiger partial charge in [-0.15, -0.1) is 13.2 Å². The zero-order valence-electron chi connectivity index (χ0n) is 9.45. The third-order valence-electron chi connectivity index (χ3n) is 1.73. The Kier molecular flexibility index (Phi) is 12.8. The Labute approximate surface area is 92.7 Å². The summed E-state index contributed by atoms with van der Waals surface area (Å²) in [5.74, 6) is 0. The maximum absolute atomic E-state index is 5.20. The summed E-state index contributed by atoms with van der Waals surface area (Å²) in [4.78, 5) is 0. The average Bonchev–Trinajstić information content (AvgIpc) is 2.26. The van der Waals surface area contributed by atoms with Crippen LogP contribution in [-0.2, 0) is 14.2 Å². The second-order valence-electron chi connectivity index (χ2n) is 3.12. The highest BCUT2D eigenvalue weighted by Gasteiger charge is 1.89. The van der Waals surface area contributed by atoms with E-state index >= 15 is 0 Å². The topological polar surface area (TPSA) is 27.7 Å². The monoisotopic (exact) mass is 214 g/mol. The van der Waals surface area contributed by atoms with Gasteiger partial charge in [0.2, 0.25) is 0 Å². The Hall–Kier alpha value is -0.640. The van der Waals surface area contributed by atoms with Crippen LogP contribution < -0.4 is 0 Å². The van der Waals surface area contributed by atoms with Crippen molar-refractivity contribution >= 4 is 0 Å². The van der Waals surface area contributed by atoms with E-state index in [9.17, 15) is 0 Å². The zero-order chi connectivity index (χ0) is 11.2. The smallest absolute Gasteiger partial charge is 0.149 e. The van der Waals surface area contributed by atoms with Crippen LogP contribution in [0.4, 0.5) is 0 Å². The Bertz CT molecular complexity index is 130. The Morgan fingerprint density at radius 2 is 1.20 bits per heavy atom. The molecule has 0 saturated carbocycles. The molecule has 0 saturated heterocycles. The van der Waals surface area contributed by atoms with Gasteiger partial charge in [-0.1, -0.05) is 12.2 Å². The van der Waals surface area contributed by atoms with Crippen molar-refractivity contribution in [2.24, 2.45) is 0 Å². The largest absolute Gasteiger partial charge is 0.355 e. The van der Waals surface area contributed by atoms with Crippen LogP contribution in [0.25, 0.3) is 0 Å². The van der Waals surface area contributed by atoms with Gasteiger partial charge in [-0.25, -0.2) is 0 Å². The molecule has 0 fully saturated rings. The maximum atomic E-state index is 5.20. The summed E-state index contributed by atoms with van der Waals surface area (Å²) in [6.07, 6.45) is 7.72. The van der Waals surface area contributed by atoms with Crippen LogP contribution in [-0.4, -0.2) is 26.8 Å². The molecule has 0 aromatic heterocycles. The second-order valence-corrected chi connectivity index (χ2v) is 3.12. The molecule has 15 heavy (non-hydrogen) atoms. The molecule has 0 aliphatic carbocycles. The third kappa shape index (κ3) is 13.4. The van der Waals surface area contributed by atoms with Crippen molar-refractivity contribution in [3.05, 3.63) is 25.3 Å². The molecule has 0 spiro atoms. The van der Waals surface area contributed by atoms with Crippen molar-refractivity contribution in [2.75, 3.05) is 26.8 Å². The van der Waals surface area contributed by atoms with Crippen molar-refractivity contribution in [1.82, 2.24) is 0 Å². The van der Waals surface area contributed by atoms with Crippen LogP contribution in [0.5, 0.6) is 0 Å². The van der Waals surface area contributed by atoms with Crippen LogP contribution in [0.15, 0.2) is 25.3 Å². The number of hydrogen-bond acceptors (Lipinski definition) is 3. The summed E-state index contributed by atoms with van der Waals surface area (Å²) in [5.41, 5.74) is 0. The molecular formula is C12H22O3. The molecule has 0 heterocycles. The first-order valence-corrected chi connectivity index (χ1v) is 5.37. The molecule has 0 bridgehead atoms. The fraction of sp³-hybridized carbons (Fsp3) is 0.667. The summed E-state index contributed by atoms with van der Waals surface area (Å²) in [7, 11) is 0. The van der Waals surface area contributed by atoms with Crippen molar-refractivity contribution in [1.29, 1.82) is 0 Å². The first kappa shape index (κ1) is 14.4. The van der Waals surface area contributed by atoms with E-state index in [0.29, 0.717) is 26.8 Å². The van der Waals surface area contributed by atoms with Crippen molar-refractivity contribution in [3.63, 3.8) is 0 Å². The lowest BCUT2D eigenvalue weighted by Gasteiger charge is -2.05. The fourth-order valence-electron chi connectivity index (χ4n) is 0.929. The molecule has 0 aliphatic rings. The zero-order valence-corrected chi connectivity index (χ0v) is 9.45. The minimum Gasteiger partial charge on any atom is -0.355 e. The van der Waals surface area contributed by atoms with Gasteiger partial charge in [-0.2, -0.15) is 0 Å². The predicted octanol–water partition coefficient (Wildman–Crippen LogP) is 2.88. The number of ether oxygens (including phenoxy) is 3. The summed E-state index contributed by atoms with van der Waals surface area (Å²) in [6, 6.07) is 0. The van der Waals surface area contributed by atoms with E-state index in [-0.39, 0.29) is 0 Å². The van der Waals surface area contributed by atoms with Gasteiger partial charge >= 0.3 is 0 Å². The van der Waals surface area contributed by atoms with Gasteiger partial charge in [0, 0.05) is 13.2 Å². The molecule has 0 unspecified atom stereocenters. The maximum Gasteiger partial charge on any atom is 0.149 e. The number of unbranched alkanes of at least 4 members (excludes halogenated alkanes) is 2. The molecular weight excluding hydrogens is 192 g/mol. The molecule has 0 rings (SSSR count). The number of hydrogen-bond donors (Lipinski definition) is 0. The molecule has 0 N–H and O–H groups in total. The van der Waals surface area contributed by atoms with Gasteiger partial charge in [-0.3, -0.25) is 0 Å². The molecule has 3 heteroatoms. The summed E-state index contributed by atoms with van der Waals surface area (Å²) in [5, 5.41) is 0. The van der Waals surface area contributed by atoms with Crippen molar-refractivity contribution in [2.45, 2.75) is 25.7 Å². The van der Waals surface area contributed by atoms with Crippen LogP contribution in [0.1, 0.15) is 25.7 Å². The Balaban J connectivity index is 2.86. The van der Waals surface area contributed by atoms with Crippen molar-refractivity contribution in [3.8, 4) is 0 Å². The van der Waals surface area contributed by atoms with Crippen molar-refractivity contribution < 1.29 is 14.2 Å². The van der Waals surface area contributed by atoms with Crippen LogP contribution in [0, 0.1) is 0 Å². The molecule has 88 valence electrons. The summed E-state index contributed by atoms with van der Waals surface area (Å²) in [6.45, 7) is 9.29. The highest BCUT2D eigenvalue weighted by Crippen LogP contribution is 1.92. The number of allylic oxidation sites excluding steroid dienone is 2. The van der Waals surface area contributed by atoms with Gasteiger partial charge in [-0.05, 0) is 25.7 Å². The molecule has 0 atom stereocenters. The summed E-state index contributed by atoms with van der Waals surface area (Å²) >= 11 is 0. The molecule has 3 nitrogen and oxygen atoms in total. The normalized spacial score (nSPS) is 10.1. The van der Waals surface area contributed by atoms with Gasteiger partial charge in [0.15, 0.2) is 0 Å². The SMILES string of the molecule is C=CCCCOCOCOCCCC=C. The van der Waals surface area contributed by atoms with Crippen LogP contribution >= 0.6 is 0 Å².